The Morgan fingerprint density at radius 1 is 1.03 bits per heavy atom. The highest BCUT2D eigenvalue weighted by Crippen LogP contribution is 2.63. The number of nitrogens with one attached hydrogen (secondary N) is 2. The van der Waals surface area contributed by atoms with E-state index >= 15 is 0 Å². The van der Waals surface area contributed by atoms with Crippen LogP contribution in [0.25, 0.3) is 0 Å². The number of aliphatic carboxylic acids is 1. The first-order valence-electron chi connectivity index (χ1n) is 14.0. The number of benzene rings is 1. The van der Waals surface area contributed by atoms with Crippen molar-refractivity contribution < 1.29 is 37.7 Å². The summed E-state index contributed by atoms with van der Waals surface area (Å²) < 4.78 is 40.2. The predicted octanol–water partition coefficient (Wildman–Crippen LogP) is 4.15. The van der Waals surface area contributed by atoms with E-state index in [4.69, 9.17) is 9.47 Å². The highest BCUT2D eigenvalue weighted by Gasteiger charge is 2.70. The third kappa shape index (κ3) is 4.43. The van der Waals surface area contributed by atoms with Crippen LogP contribution in [-0.2, 0) is 9.59 Å². The van der Waals surface area contributed by atoms with E-state index in [2.05, 4.69) is 10.6 Å². The molecule has 8 nitrogen and oxygen atoms in total. The Morgan fingerprint density at radius 2 is 1.69 bits per heavy atom. The van der Waals surface area contributed by atoms with Gasteiger partial charge in [-0.3, -0.25) is 14.4 Å². The van der Waals surface area contributed by atoms with Crippen molar-refractivity contribution >= 4 is 17.8 Å². The van der Waals surface area contributed by atoms with Gasteiger partial charge in [-0.1, -0.05) is 0 Å². The first kappa shape index (κ1) is 26.3. The average molecular weight is 547 g/mol. The lowest BCUT2D eigenvalue weighted by Crippen LogP contribution is -2.77. The lowest BCUT2D eigenvalue weighted by molar-refractivity contribution is -0.177. The highest BCUT2D eigenvalue weighted by atomic mass is 19.1. The van der Waals surface area contributed by atoms with E-state index in [1.54, 1.807) is 6.92 Å². The van der Waals surface area contributed by atoms with Gasteiger partial charge in [-0.2, -0.15) is 0 Å². The van der Waals surface area contributed by atoms with E-state index in [1.807, 2.05) is 0 Å². The van der Waals surface area contributed by atoms with Crippen molar-refractivity contribution in [3.8, 4) is 11.5 Å². The topological polar surface area (TPSA) is 114 Å². The molecule has 7 rings (SSSR count). The third-order valence-corrected chi connectivity index (χ3v) is 10.2. The number of halogens is 2. The molecule has 6 aliphatic carbocycles. The minimum absolute atomic E-state index is 0.0608. The molecule has 6 fully saturated rings. The lowest BCUT2D eigenvalue weighted by Gasteiger charge is -2.66. The third-order valence-electron chi connectivity index (χ3n) is 10.2. The summed E-state index contributed by atoms with van der Waals surface area (Å²) in [4.78, 5) is 38.4. The van der Waals surface area contributed by atoms with Crippen LogP contribution in [0.15, 0.2) is 12.1 Å². The molecule has 4 bridgehead atoms. The van der Waals surface area contributed by atoms with Crippen LogP contribution in [0.5, 0.6) is 11.5 Å². The van der Waals surface area contributed by atoms with Gasteiger partial charge in [-0.15, -0.1) is 0 Å². The second kappa shape index (κ2) is 9.06. The molecule has 10 heteroatoms. The van der Waals surface area contributed by atoms with Gasteiger partial charge in [0.15, 0.2) is 11.6 Å². The van der Waals surface area contributed by atoms with Gasteiger partial charge < -0.3 is 25.2 Å². The zero-order chi connectivity index (χ0) is 27.7. The molecular formula is C29H36F2N2O6. The maximum Gasteiger partial charge on any atom is 0.309 e. The molecule has 0 spiro atoms. The predicted molar refractivity (Wildman–Crippen MR) is 136 cm³/mol. The molecule has 0 heterocycles. The molecular weight excluding hydrogens is 510 g/mol. The molecule has 4 atom stereocenters. The van der Waals surface area contributed by atoms with Gasteiger partial charge in [0.1, 0.15) is 11.4 Å². The fourth-order valence-corrected chi connectivity index (χ4v) is 7.96. The molecule has 0 aliphatic heterocycles. The first-order chi connectivity index (χ1) is 18.4. The lowest BCUT2D eigenvalue weighted by atomic mass is 9.47. The number of carbonyl (C=O) groups excluding carboxylic acids is 2. The van der Waals surface area contributed by atoms with Crippen LogP contribution in [0.1, 0.15) is 81.5 Å². The number of hydrogen-bond donors (Lipinski definition) is 3. The van der Waals surface area contributed by atoms with Crippen molar-refractivity contribution in [3.05, 3.63) is 23.5 Å². The summed E-state index contributed by atoms with van der Waals surface area (Å²) in [5, 5.41) is 15.6. The second-order valence-corrected chi connectivity index (χ2v) is 13.0. The zero-order valence-corrected chi connectivity index (χ0v) is 22.4. The fourth-order valence-electron chi connectivity index (χ4n) is 7.96. The number of methoxy groups -OCH3 is 1. The first-order valence-corrected chi connectivity index (χ1v) is 14.0. The van der Waals surface area contributed by atoms with Gasteiger partial charge in [0, 0.05) is 36.9 Å². The van der Waals surface area contributed by atoms with Gasteiger partial charge in [0.2, 0.25) is 5.91 Å². The molecule has 1 aromatic rings. The van der Waals surface area contributed by atoms with Crippen molar-refractivity contribution in [3.63, 3.8) is 0 Å². The fraction of sp³-hybridized carbons (Fsp3) is 0.690. The van der Waals surface area contributed by atoms with E-state index in [0.29, 0.717) is 44.9 Å². The molecule has 3 N–H and O–H groups in total. The number of amides is 2. The highest BCUT2D eigenvalue weighted by molar-refractivity contribution is 5.98. The Morgan fingerprint density at radius 3 is 2.31 bits per heavy atom. The van der Waals surface area contributed by atoms with Crippen molar-refractivity contribution in [2.75, 3.05) is 7.11 Å². The van der Waals surface area contributed by atoms with E-state index in [-0.39, 0.29) is 52.9 Å². The summed E-state index contributed by atoms with van der Waals surface area (Å²) in [7, 11) is 1.36. The molecule has 212 valence electrons. The Labute approximate surface area is 226 Å². The number of carboxylic acids is 1. The number of fused-ring (bicyclic) bond motifs is 2. The van der Waals surface area contributed by atoms with E-state index < -0.39 is 34.3 Å². The minimum atomic E-state index is -1.11. The Balaban J connectivity index is 1.16. The Bertz CT molecular complexity index is 1190. The molecule has 39 heavy (non-hydrogen) atoms. The summed E-state index contributed by atoms with van der Waals surface area (Å²) >= 11 is 0. The van der Waals surface area contributed by atoms with Gasteiger partial charge in [0.05, 0.1) is 30.1 Å². The molecule has 0 radical (unpaired) electrons. The summed E-state index contributed by atoms with van der Waals surface area (Å²) in [5.41, 5.74) is -2.24. The van der Waals surface area contributed by atoms with Gasteiger partial charge in [0.25, 0.3) is 5.91 Å². The summed E-state index contributed by atoms with van der Waals surface area (Å²) in [6.45, 7) is 1.71. The molecule has 6 saturated carbocycles. The van der Waals surface area contributed by atoms with Crippen LogP contribution in [-0.4, -0.2) is 53.4 Å². The van der Waals surface area contributed by atoms with Crippen LogP contribution < -0.4 is 20.1 Å². The van der Waals surface area contributed by atoms with Crippen LogP contribution >= 0.6 is 0 Å². The quantitative estimate of drug-likeness (QED) is 0.452. The Hall–Kier alpha value is -2.91. The van der Waals surface area contributed by atoms with Crippen LogP contribution in [0.3, 0.4) is 0 Å². The largest absolute Gasteiger partial charge is 0.496 e. The van der Waals surface area contributed by atoms with Crippen molar-refractivity contribution in [2.24, 2.45) is 23.2 Å². The van der Waals surface area contributed by atoms with Crippen molar-refractivity contribution in [1.82, 2.24) is 10.6 Å². The Kier molecular flexibility index (Phi) is 6.11. The van der Waals surface area contributed by atoms with Crippen molar-refractivity contribution in [1.29, 1.82) is 0 Å². The van der Waals surface area contributed by atoms with Crippen molar-refractivity contribution in [2.45, 2.75) is 94.5 Å². The molecule has 1 aromatic carbocycles. The molecule has 0 aromatic heterocycles. The van der Waals surface area contributed by atoms with E-state index in [9.17, 15) is 28.3 Å². The number of carbonyl (C=O) groups is 3. The van der Waals surface area contributed by atoms with E-state index in [0.717, 1.165) is 25.3 Å². The van der Waals surface area contributed by atoms with Gasteiger partial charge >= 0.3 is 5.97 Å². The number of ether oxygens (including phenoxy) is 2. The molecule has 0 unspecified atom stereocenters. The van der Waals surface area contributed by atoms with Gasteiger partial charge in [-0.05, 0) is 69.8 Å². The molecule has 2 amide bonds. The average Bonchev–Trinajstić information content (AvgIpc) is 3.46. The van der Waals surface area contributed by atoms with Crippen LogP contribution in [0.4, 0.5) is 8.78 Å². The minimum Gasteiger partial charge on any atom is -0.496 e. The maximum absolute atomic E-state index is 14.9. The summed E-state index contributed by atoms with van der Waals surface area (Å²) in [5.74, 6) is -2.17. The number of alkyl halides is 1. The van der Waals surface area contributed by atoms with Crippen LogP contribution in [0.2, 0.25) is 0 Å². The van der Waals surface area contributed by atoms with E-state index in [1.165, 1.54) is 13.2 Å². The summed E-state index contributed by atoms with van der Waals surface area (Å²) in [6.07, 6.45) is 5.20. The zero-order valence-electron chi connectivity index (χ0n) is 22.4. The van der Waals surface area contributed by atoms with Crippen LogP contribution in [0, 0.1) is 29.0 Å². The number of carboxylic acid groups (broad SMARTS) is 1. The monoisotopic (exact) mass is 546 g/mol. The molecule has 6 aliphatic rings. The SMILES string of the molecule is COc1cc(F)c(O[C@H]2CC[C@@](C)(C(=O)O)CC2)cc1C(=O)N[C@@H]1[C@H]2CC[C@H](C2)[C@@H]1C(=O)NC12CC(F)(C1)C2. The van der Waals surface area contributed by atoms with Gasteiger partial charge in [-0.25, -0.2) is 8.78 Å². The standard InChI is InChI=1S/C29H36F2N2O6/c1-27(26(36)37)7-5-17(6-8-27)39-21-10-18(20(38-2)11-19(21)30)24(34)32-23-16-4-3-15(9-16)22(23)25(35)33-29-12-28(31,13-29)14-29/h10-11,15-17,22-23H,3-9,12-14H2,1-2H3,(H,32,34)(H,33,35)(H,36,37)/t15-,16+,17-,22+,23-,27+,28?,29?/m1/s1. The maximum atomic E-state index is 14.9. The second-order valence-electron chi connectivity index (χ2n) is 13.0. The summed E-state index contributed by atoms with van der Waals surface area (Å²) in [6, 6.07) is 2.09. The normalized spacial score (nSPS) is 39.7. The molecule has 0 saturated heterocycles. The number of rotatable bonds is 8. The number of hydrogen-bond acceptors (Lipinski definition) is 5. The smallest absolute Gasteiger partial charge is 0.309 e.